The summed E-state index contributed by atoms with van der Waals surface area (Å²) in [6.07, 6.45) is 4.18. The van der Waals surface area contributed by atoms with E-state index < -0.39 is 0 Å². The monoisotopic (exact) mass is 240 g/mol. The number of thioether (sulfide) groups is 1. The van der Waals surface area contributed by atoms with Gasteiger partial charge < -0.3 is 10.6 Å². The first-order valence-corrected chi connectivity index (χ1v) is 6.93. The third-order valence-corrected chi connectivity index (χ3v) is 2.55. The van der Waals surface area contributed by atoms with E-state index in [1.807, 2.05) is 12.3 Å². The number of nitrogens with one attached hydrogen (secondary N) is 2. The molecule has 0 atom stereocenters. The van der Waals surface area contributed by atoms with Crippen molar-refractivity contribution in [3.8, 4) is 0 Å². The lowest BCUT2D eigenvalue weighted by atomic mass is 10.4. The van der Waals surface area contributed by atoms with Gasteiger partial charge in [0.05, 0.1) is 0 Å². The van der Waals surface area contributed by atoms with Gasteiger partial charge in [-0.3, -0.25) is 0 Å². The first kappa shape index (κ1) is 13.1. The van der Waals surface area contributed by atoms with Crippen LogP contribution in [0, 0.1) is 0 Å². The molecule has 0 saturated heterocycles. The maximum Gasteiger partial charge on any atom is 0.191 e. The SMILES string of the molecule is CCCNc1cc(NCCC)nc(SC)n1. The summed E-state index contributed by atoms with van der Waals surface area (Å²) in [6, 6.07) is 1.96. The zero-order valence-corrected chi connectivity index (χ0v) is 11.0. The first-order valence-electron chi connectivity index (χ1n) is 5.71. The molecule has 0 bridgehead atoms. The Balaban J connectivity index is 2.74. The lowest BCUT2D eigenvalue weighted by Gasteiger charge is -2.09. The minimum absolute atomic E-state index is 0.805. The average Bonchev–Trinajstić information content (AvgIpc) is 2.33. The standard InChI is InChI=1S/C11H20N4S/c1-4-6-12-9-8-10(13-7-5-2)15-11(14-9)16-3/h8H,4-7H2,1-3H3,(H2,12,13,14,15). The van der Waals surface area contributed by atoms with Crippen molar-refractivity contribution in [2.45, 2.75) is 31.8 Å². The molecular weight excluding hydrogens is 220 g/mol. The minimum Gasteiger partial charge on any atom is -0.370 e. The Kier molecular flexibility index (Phi) is 6.00. The number of hydrogen-bond acceptors (Lipinski definition) is 5. The van der Waals surface area contributed by atoms with Crippen LogP contribution in [0.4, 0.5) is 11.6 Å². The quantitative estimate of drug-likeness (QED) is 0.567. The minimum atomic E-state index is 0.805. The molecule has 1 aromatic heterocycles. The highest BCUT2D eigenvalue weighted by Gasteiger charge is 2.02. The van der Waals surface area contributed by atoms with Gasteiger partial charge in [0.2, 0.25) is 0 Å². The molecule has 16 heavy (non-hydrogen) atoms. The molecule has 4 nitrogen and oxygen atoms in total. The van der Waals surface area contributed by atoms with Crippen LogP contribution in [0.5, 0.6) is 0 Å². The second kappa shape index (κ2) is 7.33. The normalized spacial score (nSPS) is 10.2. The smallest absolute Gasteiger partial charge is 0.191 e. The molecule has 1 heterocycles. The highest BCUT2D eigenvalue weighted by atomic mass is 32.2. The van der Waals surface area contributed by atoms with Crippen LogP contribution in [0.25, 0.3) is 0 Å². The molecule has 5 heteroatoms. The summed E-state index contributed by atoms with van der Waals surface area (Å²) >= 11 is 1.56. The van der Waals surface area contributed by atoms with E-state index in [9.17, 15) is 0 Å². The van der Waals surface area contributed by atoms with E-state index in [1.54, 1.807) is 11.8 Å². The molecule has 1 rings (SSSR count). The summed E-state index contributed by atoms with van der Waals surface area (Å²) in [5.41, 5.74) is 0. The van der Waals surface area contributed by atoms with Crippen molar-refractivity contribution in [1.29, 1.82) is 0 Å². The molecule has 90 valence electrons. The summed E-state index contributed by atoms with van der Waals surface area (Å²) in [7, 11) is 0. The highest BCUT2D eigenvalue weighted by Crippen LogP contribution is 2.17. The number of rotatable bonds is 7. The van der Waals surface area contributed by atoms with E-state index >= 15 is 0 Å². The van der Waals surface area contributed by atoms with Crippen LogP contribution in [-0.2, 0) is 0 Å². The van der Waals surface area contributed by atoms with Crippen LogP contribution in [-0.4, -0.2) is 29.3 Å². The van der Waals surface area contributed by atoms with Gasteiger partial charge in [-0.1, -0.05) is 25.6 Å². The molecule has 0 aromatic carbocycles. The Hall–Kier alpha value is -0.970. The summed E-state index contributed by atoms with van der Waals surface area (Å²) in [6.45, 7) is 6.16. The van der Waals surface area contributed by atoms with Crippen LogP contribution >= 0.6 is 11.8 Å². The van der Waals surface area contributed by atoms with Gasteiger partial charge in [0.15, 0.2) is 5.16 Å². The molecule has 0 aliphatic rings. The Bertz CT molecular complexity index is 291. The molecule has 0 radical (unpaired) electrons. The second-order valence-corrected chi connectivity index (χ2v) is 4.25. The first-order chi connectivity index (χ1) is 7.80. The Morgan fingerprint density at radius 1 is 1.06 bits per heavy atom. The molecule has 0 saturated carbocycles. The van der Waals surface area contributed by atoms with Gasteiger partial charge in [-0.2, -0.15) is 0 Å². The van der Waals surface area contributed by atoms with Crippen molar-refractivity contribution >= 4 is 23.4 Å². The predicted octanol–water partition coefficient (Wildman–Crippen LogP) is 2.84. The highest BCUT2D eigenvalue weighted by molar-refractivity contribution is 7.98. The average molecular weight is 240 g/mol. The summed E-state index contributed by atoms with van der Waals surface area (Å²) in [5.74, 6) is 1.81. The van der Waals surface area contributed by atoms with Crippen LogP contribution in [0.3, 0.4) is 0 Å². The molecule has 0 aliphatic carbocycles. The number of nitrogens with zero attached hydrogens (tertiary/aromatic N) is 2. The van der Waals surface area contributed by atoms with Gasteiger partial charge >= 0.3 is 0 Å². The fraction of sp³-hybridized carbons (Fsp3) is 0.636. The third-order valence-electron chi connectivity index (χ3n) is 2.00. The molecule has 0 spiro atoms. The molecular formula is C11H20N4S. The van der Waals surface area contributed by atoms with Gasteiger partial charge in [0.25, 0.3) is 0 Å². The van der Waals surface area contributed by atoms with Crippen molar-refractivity contribution in [2.75, 3.05) is 30.0 Å². The van der Waals surface area contributed by atoms with Crippen LogP contribution in [0.1, 0.15) is 26.7 Å². The molecule has 0 aliphatic heterocycles. The van der Waals surface area contributed by atoms with Crippen LogP contribution < -0.4 is 10.6 Å². The fourth-order valence-electron chi connectivity index (χ4n) is 1.20. The molecule has 2 N–H and O–H groups in total. The summed E-state index contributed by atoms with van der Waals surface area (Å²) in [4.78, 5) is 8.80. The number of aromatic nitrogens is 2. The lowest BCUT2D eigenvalue weighted by molar-refractivity contribution is 0.910. The zero-order valence-electron chi connectivity index (χ0n) is 10.2. The van der Waals surface area contributed by atoms with Gasteiger partial charge in [-0.25, -0.2) is 9.97 Å². The lowest BCUT2D eigenvalue weighted by Crippen LogP contribution is -2.07. The van der Waals surface area contributed by atoms with Crippen molar-refractivity contribution in [2.24, 2.45) is 0 Å². The Morgan fingerprint density at radius 2 is 1.56 bits per heavy atom. The summed E-state index contributed by atoms with van der Waals surface area (Å²) < 4.78 is 0. The molecule has 1 aromatic rings. The zero-order chi connectivity index (χ0) is 11.8. The number of hydrogen-bond donors (Lipinski definition) is 2. The van der Waals surface area contributed by atoms with E-state index in [-0.39, 0.29) is 0 Å². The van der Waals surface area contributed by atoms with Gasteiger partial charge in [0, 0.05) is 19.2 Å². The van der Waals surface area contributed by atoms with Crippen molar-refractivity contribution < 1.29 is 0 Å². The topological polar surface area (TPSA) is 49.8 Å². The Morgan fingerprint density at radius 3 is 1.94 bits per heavy atom. The van der Waals surface area contributed by atoms with Crippen molar-refractivity contribution in [3.05, 3.63) is 6.07 Å². The fourth-order valence-corrected chi connectivity index (χ4v) is 1.58. The Labute approximate surface area is 102 Å². The van der Waals surface area contributed by atoms with E-state index in [2.05, 4.69) is 34.4 Å². The molecule has 0 fully saturated rings. The number of anilines is 2. The van der Waals surface area contributed by atoms with E-state index in [0.29, 0.717) is 0 Å². The molecule has 0 unspecified atom stereocenters. The maximum absolute atomic E-state index is 4.40. The van der Waals surface area contributed by atoms with Gasteiger partial charge in [0.1, 0.15) is 11.6 Å². The van der Waals surface area contributed by atoms with E-state index in [4.69, 9.17) is 0 Å². The van der Waals surface area contributed by atoms with Crippen molar-refractivity contribution in [3.63, 3.8) is 0 Å². The van der Waals surface area contributed by atoms with Crippen LogP contribution in [0.2, 0.25) is 0 Å². The van der Waals surface area contributed by atoms with Gasteiger partial charge in [-0.05, 0) is 19.1 Å². The predicted molar refractivity (Wildman–Crippen MR) is 71.4 cm³/mol. The summed E-state index contributed by atoms with van der Waals surface area (Å²) in [5, 5.41) is 7.37. The maximum atomic E-state index is 4.40. The molecule has 0 amide bonds. The van der Waals surface area contributed by atoms with Crippen LogP contribution in [0.15, 0.2) is 11.2 Å². The van der Waals surface area contributed by atoms with Gasteiger partial charge in [-0.15, -0.1) is 0 Å². The van der Waals surface area contributed by atoms with Crippen molar-refractivity contribution in [1.82, 2.24) is 9.97 Å². The third kappa shape index (κ3) is 4.26. The second-order valence-electron chi connectivity index (χ2n) is 3.48. The largest absolute Gasteiger partial charge is 0.370 e. The van der Waals surface area contributed by atoms with E-state index in [0.717, 1.165) is 42.7 Å². The van der Waals surface area contributed by atoms with E-state index in [1.165, 1.54) is 0 Å².